The Bertz CT molecular complexity index is 978. The third-order valence-electron chi connectivity index (χ3n) is 6.44. The van der Waals surface area contributed by atoms with Crippen molar-refractivity contribution < 1.29 is 54.9 Å². The second-order valence-corrected chi connectivity index (χ2v) is 14.9. The van der Waals surface area contributed by atoms with E-state index in [0.717, 1.165) is 17.5 Å². The molecule has 2 aromatic rings. The largest absolute Gasteiger partial charge is 1.00 e. The molecule has 0 aromatic heterocycles. The maximum absolute atomic E-state index is 14.1. The van der Waals surface area contributed by atoms with Gasteiger partial charge in [-0.3, -0.25) is 0 Å². The van der Waals surface area contributed by atoms with E-state index in [0.29, 0.717) is 3.63 Å². The molecule has 0 radical (unpaired) electrons. The van der Waals surface area contributed by atoms with Crippen LogP contribution in [0.5, 0.6) is 0 Å². The smallest absolute Gasteiger partial charge is 1.00 e. The zero-order valence-electron chi connectivity index (χ0n) is 16.7. The van der Waals surface area contributed by atoms with Crippen LogP contribution in [0.3, 0.4) is 0 Å². The van der Waals surface area contributed by atoms with Crippen molar-refractivity contribution in [3.8, 4) is 11.1 Å². The molecule has 1 saturated carbocycles. The van der Waals surface area contributed by atoms with Crippen LogP contribution < -0.4 is 24.8 Å². The van der Waals surface area contributed by atoms with E-state index in [-0.39, 0.29) is 36.4 Å². The Morgan fingerprint density at radius 2 is 1.33 bits per heavy atom. The van der Waals surface area contributed by atoms with Crippen LogP contribution >= 0.6 is 0 Å². The summed E-state index contributed by atoms with van der Waals surface area (Å²) in [5, 5.41) is 0. The first-order chi connectivity index (χ1) is 13.7. The van der Waals surface area contributed by atoms with Crippen LogP contribution in [-0.2, 0) is 21.3 Å². The van der Waals surface area contributed by atoms with Crippen LogP contribution in [0.4, 0.5) is 8.78 Å². The van der Waals surface area contributed by atoms with E-state index in [1.54, 1.807) is 27.5 Å². The summed E-state index contributed by atoms with van der Waals surface area (Å²) in [7, 11) is 0. The summed E-state index contributed by atoms with van der Waals surface area (Å²) in [6.07, 6.45) is 15.7. The molecular weight excluding hydrogens is 500 g/mol. The minimum atomic E-state index is -2.24. The Balaban J connectivity index is 0.00000128. The molecule has 3 aliphatic carbocycles. The summed E-state index contributed by atoms with van der Waals surface area (Å²) in [5.74, 6) is -0.466. The van der Waals surface area contributed by atoms with Gasteiger partial charge in [0.15, 0.2) is 0 Å². The van der Waals surface area contributed by atoms with Crippen molar-refractivity contribution in [1.82, 2.24) is 0 Å². The first-order valence-electron chi connectivity index (χ1n) is 10.4. The average Bonchev–Trinajstić information content (AvgIpc) is 3.22. The molecule has 0 nitrogen and oxygen atoms in total. The normalized spacial score (nSPS) is 17.1. The number of rotatable bonds is 2. The predicted octanol–water partition coefficient (Wildman–Crippen LogP) is 1.03. The van der Waals surface area contributed by atoms with Crippen LogP contribution in [-0.4, -0.2) is 3.21 Å². The molecule has 0 atom stereocenters. The molecule has 0 aliphatic heterocycles. The van der Waals surface area contributed by atoms with Crippen molar-refractivity contribution in [2.75, 3.05) is 0 Å². The predicted molar refractivity (Wildman–Crippen MR) is 108 cm³/mol. The Morgan fingerprint density at radius 3 is 1.83 bits per heavy atom. The zero-order valence-corrected chi connectivity index (χ0v) is 20.7. The van der Waals surface area contributed by atoms with E-state index in [2.05, 4.69) is 18.2 Å². The van der Waals surface area contributed by atoms with Gasteiger partial charge in [-0.1, -0.05) is 0 Å². The maximum atomic E-state index is 14.1. The van der Waals surface area contributed by atoms with Gasteiger partial charge in [0, 0.05) is 0 Å². The molecule has 0 N–H and O–H groups in total. The first-order valence-corrected chi connectivity index (χ1v) is 14.3. The van der Waals surface area contributed by atoms with E-state index in [1.165, 1.54) is 49.7 Å². The van der Waals surface area contributed by atoms with Gasteiger partial charge in [0.1, 0.15) is 0 Å². The standard InChI is InChI=1S/C13H7F2.C7H12.C5H5.2ClH.Zr/c14-10-3-1-8-5-9-2-4-11(15)7-13(9)12(8)6-10;1-2-4-6-7-5-3-1;1-2-4-5-3-1;;;/h1-7H;1-6H2;1-3H,4H2;2*1H;/q;;;;;+2/p-2. The van der Waals surface area contributed by atoms with Crippen molar-refractivity contribution in [2.45, 2.75) is 48.6 Å². The molecule has 5 rings (SSSR count). The van der Waals surface area contributed by atoms with Crippen molar-refractivity contribution in [3.63, 3.8) is 0 Å². The molecule has 0 spiro atoms. The quantitative estimate of drug-likeness (QED) is 0.515. The second kappa shape index (κ2) is 10.2. The fourth-order valence-electron chi connectivity index (χ4n) is 5.19. The molecule has 0 bridgehead atoms. The van der Waals surface area contributed by atoms with Gasteiger partial charge in [-0.25, -0.2) is 0 Å². The fraction of sp³-hybridized carbons (Fsp3) is 0.320. The van der Waals surface area contributed by atoms with Crippen LogP contribution in [0.2, 0.25) is 0 Å². The van der Waals surface area contributed by atoms with Gasteiger partial charge < -0.3 is 24.8 Å². The summed E-state index contributed by atoms with van der Waals surface area (Å²) in [5.41, 5.74) is 4.30. The number of hydrogen-bond acceptors (Lipinski definition) is 0. The summed E-state index contributed by atoms with van der Waals surface area (Å²) in [6, 6.07) is 10.4. The van der Waals surface area contributed by atoms with Gasteiger partial charge in [-0.15, -0.1) is 0 Å². The molecule has 30 heavy (non-hydrogen) atoms. The van der Waals surface area contributed by atoms with Gasteiger partial charge in [0.25, 0.3) is 0 Å². The third kappa shape index (κ3) is 4.36. The Morgan fingerprint density at radius 1 is 0.767 bits per heavy atom. The van der Waals surface area contributed by atoms with E-state index in [4.69, 9.17) is 0 Å². The molecule has 0 amide bonds. The molecule has 0 unspecified atom stereocenters. The molecule has 156 valence electrons. The van der Waals surface area contributed by atoms with Crippen LogP contribution in [0.1, 0.15) is 59.7 Å². The molecule has 0 heterocycles. The number of benzene rings is 2. The van der Waals surface area contributed by atoms with E-state index < -0.39 is 21.3 Å². The molecular formula is C25H24Cl2F2Zr. The molecule has 5 heteroatoms. The van der Waals surface area contributed by atoms with Crippen LogP contribution in [0.25, 0.3) is 11.1 Å². The van der Waals surface area contributed by atoms with Gasteiger partial charge in [-0.05, 0) is 0 Å². The van der Waals surface area contributed by atoms with Crippen molar-refractivity contribution >= 4 is 3.21 Å². The zero-order chi connectivity index (χ0) is 19.1. The SMILES string of the molecule is Fc1ccc2c(c1)-c1cc(F)ccc1[CH]2[Zr+2]([C]1=CC=CC1)=[C]1CCCCCC1.[Cl-].[Cl-]. The molecule has 3 aliphatic rings. The Kier molecular flexibility index (Phi) is 8.05. The van der Waals surface area contributed by atoms with Gasteiger partial charge in [0.05, 0.1) is 0 Å². The number of fused-ring (bicyclic) bond motifs is 3. The number of allylic oxidation sites excluding steroid dienone is 4. The van der Waals surface area contributed by atoms with Crippen molar-refractivity contribution in [1.29, 1.82) is 0 Å². The summed E-state index contributed by atoms with van der Waals surface area (Å²) in [6.45, 7) is 0. The second-order valence-electron chi connectivity index (χ2n) is 8.15. The van der Waals surface area contributed by atoms with Crippen LogP contribution in [0.15, 0.2) is 57.9 Å². The number of halogens is 4. The topological polar surface area (TPSA) is 0 Å². The molecule has 0 saturated heterocycles. The minimum Gasteiger partial charge on any atom is -1.00 e. The average molecular weight is 525 g/mol. The Hall–Kier alpha value is -0.887. The fourth-order valence-corrected chi connectivity index (χ4v) is 14.7. The molecule has 1 fully saturated rings. The van der Waals surface area contributed by atoms with E-state index in [9.17, 15) is 8.78 Å². The summed E-state index contributed by atoms with van der Waals surface area (Å²) >= 11 is -2.24. The van der Waals surface area contributed by atoms with Crippen molar-refractivity contribution in [2.24, 2.45) is 0 Å². The summed E-state index contributed by atoms with van der Waals surface area (Å²) in [4.78, 5) is 0. The van der Waals surface area contributed by atoms with Crippen LogP contribution in [0, 0.1) is 11.6 Å². The first kappa shape index (κ1) is 23.8. The van der Waals surface area contributed by atoms with Gasteiger partial charge in [-0.2, -0.15) is 0 Å². The van der Waals surface area contributed by atoms with Gasteiger partial charge in [0.2, 0.25) is 0 Å². The monoisotopic (exact) mass is 522 g/mol. The third-order valence-corrected chi connectivity index (χ3v) is 15.1. The van der Waals surface area contributed by atoms with E-state index in [1.807, 2.05) is 15.3 Å². The Labute approximate surface area is 197 Å². The van der Waals surface area contributed by atoms with Crippen molar-refractivity contribution in [3.05, 3.63) is 80.7 Å². The molecule has 2 aromatic carbocycles. The minimum absolute atomic E-state index is 0. The van der Waals surface area contributed by atoms with Gasteiger partial charge >= 0.3 is 174 Å². The van der Waals surface area contributed by atoms with E-state index >= 15 is 0 Å². The maximum Gasteiger partial charge on any atom is -1.00 e. The summed E-state index contributed by atoms with van der Waals surface area (Å²) < 4.78 is 32.0. The number of hydrogen-bond donors (Lipinski definition) is 0.